The molecule has 1 unspecified atom stereocenters. The number of aromatic nitrogens is 4. The first kappa shape index (κ1) is 29.0. The molecule has 3 aromatic heterocycles. The molecule has 7 aromatic rings. The van der Waals surface area contributed by atoms with Crippen LogP contribution in [0.15, 0.2) is 158 Å². The van der Waals surface area contributed by atoms with Crippen LogP contribution in [0.4, 0.5) is 0 Å². The molecule has 2 aliphatic rings. The van der Waals surface area contributed by atoms with Gasteiger partial charge >= 0.3 is 0 Å². The SMILES string of the molecule is C1=Cc2c(c3ccccc3n2-c2ccc(-c3ccc(-c4cc(C5C=CC(c6cccnc6)=CC5)nc(-c5ccccc5)n4)cc3)cc2)CC1. The van der Waals surface area contributed by atoms with E-state index in [0.717, 1.165) is 53.2 Å². The van der Waals surface area contributed by atoms with Gasteiger partial charge in [0.15, 0.2) is 5.82 Å². The number of pyridine rings is 1. The average Bonchev–Trinajstić information content (AvgIpc) is 3.53. The van der Waals surface area contributed by atoms with E-state index in [1.54, 1.807) is 0 Å². The molecule has 0 bridgehead atoms. The van der Waals surface area contributed by atoms with E-state index in [9.17, 15) is 0 Å². The quantitative estimate of drug-likeness (QED) is 0.184. The second-order valence-electron chi connectivity index (χ2n) is 12.8. The van der Waals surface area contributed by atoms with Crippen LogP contribution >= 0.6 is 0 Å². The molecular formula is C45H34N4. The summed E-state index contributed by atoms with van der Waals surface area (Å²) in [6, 6.07) is 43.0. The maximum atomic E-state index is 5.08. The molecule has 0 fully saturated rings. The summed E-state index contributed by atoms with van der Waals surface area (Å²) in [7, 11) is 0. The third-order valence-corrected chi connectivity index (χ3v) is 9.75. The van der Waals surface area contributed by atoms with E-state index >= 15 is 0 Å². The van der Waals surface area contributed by atoms with Gasteiger partial charge in [-0.15, -0.1) is 0 Å². The highest BCUT2D eigenvalue weighted by Gasteiger charge is 2.19. The first-order valence-corrected chi connectivity index (χ1v) is 17.0. The molecule has 0 N–H and O–H groups in total. The molecular weight excluding hydrogens is 597 g/mol. The Morgan fingerprint density at radius 2 is 1.41 bits per heavy atom. The summed E-state index contributed by atoms with van der Waals surface area (Å²) in [5.74, 6) is 0.915. The molecule has 3 heterocycles. The van der Waals surface area contributed by atoms with Crippen LogP contribution < -0.4 is 0 Å². The number of fused-ring (bicyclic) bond motifs is 3. The third kappa shape index (κ3) is 5.51. The van der Waals surface area contributed by atoms with Gasteiger partial charge in [0.25, 0.3) is 0 Å². The van der Waals surface area contributed by atoms with Crippen LogP contribution in [-0.2, 0) is 6.42 Å². The fraction of sp³-hybridized carbons (Fsp3) is 0.0889. The molecule has 4 heteroatoms. The maximum absolute atomic E-state index is 5.08. The second-order valence-corrected chi connectivity index (χ2v) is 12.8. The predicted octanol–water partition coefficient (Wildman–Crippen LogP) is 10.9. The predicted molar refractivity (Wildman–Crippen MR) is 201 cm³/mol. The van der Waals surface area contributed by atoms with Gasteiger partial charge in [0.05, 0.1) is 16.9 Å². The first-order valence-electron chi connectivity index (χ1n) is 17.0. The van der Waals surface area contributed by atoms with Crippen molar-refractivity contribution in [3.8, 4) is 39.5 Å². The van der Waals surface area contributed by atoms with Crippen molar-refractivity contribution in [1.29, 1.82) is 0 Å². The minimum Gasteiger partial charge on any atom is -0.310 e. The van der Waals surface area contributed by atoms with Crippen molar-refractivity contribution in [2.45, 2.75) is 25.2 Å². The average molecular weight is 631 g/mol. The van der Waals surface area contributed by atoms with Crippen LogP contribution in [0, 0.1) is 0 Å². The number of benzene rings is 4. The van der Waals surface area contributed by atoms with Crippen LogP contribution in [0.2, 0.25) is 0 Å². The highest BCUT2D eigenvalue weighted by molar-refractivity contribution is 5.90. The Morgan fingerprint density at radius 3 is 2.18 bits per heavy atom. The number of hydrogen-bond donors (Lipinski definition) is 0. The number of para-hydroxylation sites is 1. The highest BCUT2D eigenvalue weighted by atomic mass is 15.0. The van der Waals surface area contributed by atoms with Crippen LogP contribution in [0.3, 0.4) is 0 Å². The number of aryl methyl sites for hydroxylation is 1. The standard InChI is InChI=1S/C45H34N4/c1-2-9-36(10-3-1)45-47-41(29-42(48-45)35-22-18-33(19-23-35)37-11-8-28-46-30-37)34-20-16-31(17-21-34)32-24-26-38(27-25-32)49-43-14-6-4-12-39(43)40-13-5-7-15-44(40)49/h1-4,6-12,14-22,24-30,35H,5,13,23H2. The van der Waals surface area contributed by atoms with Crippen molar-refractivity contribution in [3.63, 3.8) is 0 Å². The molecule has 0 saturated heterocycles. The lowest BCUT2D eigenvalue weighted by Gasteiger charge is -2.18. The zero-order valence-corrected chi connectivity index (χ0v) is 27.1. The number of nitrogens with zero attached hydrogens (tertiary/aromatic N) is 4. The fourth-order valence-corrected chi connectivity index (χ4v) is 7.21. The van der Waals surface area contributed by atoms with Crippen LogP contribution in [0.5, 0.6) is 0 Å². The summed E-state index contributed by atoms with van der Waals surface area (Å²) >= 11 is 0. The van der Waals surface area contributed by atoms with E-state index in [2.05, 4.69) is 137 Å². The minimum absolute atomic E-state index is 0.168. The summed E-state index contributed by atoms with van der Waals surface area (Å²) in [6.07, 6.45) is 18.1. The number of allylic oxidation sites excluding steroid dienone is 5. The Morgan fingerprint density at radius 1 is 0.653 bits per heavy atom. The lowest BCUT2D eigenvalue weighted by molar-refractivity contribution is 0.813. The van der Waals surface area contributed by atoms with Gasteiger partial charge in [-0.25, -0.2) is 9.97 Å². The monoisotopic (exact) mass is 630 g/mol. The second kappa shape index (κ2) is 12.5. The maximum Gasteiger partial charge on any atom is 0.160 e. The highest BCUT2D eigenvalue weighted by Crippen LogP contribution is 2.36. The van der Waals surface area contributed by atoms with Gasteiger partial charge in [0.2, 0.25) is 0 Å². The lowest BCUT2D eigenvalue weighted by atomic mass is 9.90. The molecule has 9 rings (SSSR count). The van der Waals surface area contributed by atoms with Crippen molar-refractivity contribution in [2.24, 2.45) is 0 Å². The lowest BCUT2D eigenvalue weighted by Crippen LogP contribution is -2.05. The van der Waals surface area contributed by atoms with Crippen LogP contribution in [0.1, 0.15) is 41.3 Å². The smallest absolute Gasteiger partial charge is 0.160 e. The van der Waals surface area contributed by atoms with Crippen molar-refractivity contribution in [2.75, 3.05) is 0 Å². The molecule has 49 heavy (non-hydrogen) atoms. The number of hydrogen-bond acceptors (Lipinski definition) is 3. The summed E-state index contributed by atoms with van der Waals surface area (Å²) < 4.78 is 2.40. The van der Waals surface area contributed by atoms with E-state index in [4.69, 9.17) is 9.97 Å². The molecule has 0 amide bonds. The molecule has 234 valence electrons. The Bertz CT molecular complexity index is 2380. The molecule has 0 aliphatic heterocycles. The van der Waals surface area contributed by atoms with E-state index in [1.165, 1.54) is 44.5 Å². The fourth-order valence-electron chi connectivity index (χ4n) is 7.21. The van der Waals surface area contributed by atoms with E-state index < -0.39 is 0 Å². The topological polar surface area (TPSA) is 43.6 Å². The van der Waals surface area contributed by atoms with E-state index in [1.807, 2.05) is 36.7 Å². The zero-order chi connectivity index (χ0) is 32.6. The van der Waals surface area contributed by atoms with Gasteiger partial charge < -0.3 is 4.57 Å². The molecule has 2 aliphatic carbocycles. The Kier molecular flexibility index (Phi) is 7.39. The van der Waals surface area contributed by atoms with E-state index in [-0.39, 0.29) is 5.92 Å². The van der Waals surface area contributed by atoms with Crippen LogP contribution in [-0.4, -0.2) is 19.5 Å². The molecule has 0 saturated carbocycles. The largest absolute Gasteiger partial charge is 0.310 e. The normalized spacial score (nSPS) is 15.3. The van der Waals surface area contributed by atoms with Crippen LogP contribution in [0.25, 0.3) is 62.0 Å². The molecule has 4 aromatic carbocycles. The Balaban J connectivity index is 1.02. The zero-order valence-electron chi connectivity index (χ0n) is 27.1. The third-order valence-electron chi connectivity index (χ3n) is 9.75. The summed E-state index contributed by atoms with van der Waals surface area (Å²) in [5.41, 5.74) is 13.9. The minimum atomic E-state index is 0.168. The molecule has 1 atom stereocenters. The summed E-state index contributed by atoms with van der Waals surface area (Å²) in [6.45, 7) is 0. The van der Waals surface area contributed by atoms with Crippen molar-refractivity contribution in [3.05, 3.63) is 181 Å². The van der Waals surface area contributed by atoms with Crippen molar-refractivity contribution >= 4 is 22.6 Å². The van der Waals surface area contributed by atoms with Gasteiger partial charge in [-0.3, -0.25) is 4.98 Å². The summed E-state index contributed by atoms with van der Waals surface area (Å²) in [5, 5.41) is 1.36. The Hall–Kier alpha value is -6.13. The van der Waals surface area contributed by atoms with Crippen molar-refractivity contribution in [1.82, 2.24) is 19.5 Å². The van der Waals surface area contributed by atoms with Crippen molar-refractivity contribution < 1.29 is 0 Å². The van der Waals surface area contributed by atoms with Gasteiger partial charge in [-0.05, 0) is 83.5 Å². The Labute approximate surface area is 286 Å². The first-order chi connectivity index (χ1) is 24.3. The van der Waals surface area contributed by atoms with Gasteiger partial charge in [-0.2, -0.15) is 0 Å². The molecule has 0 spiro atoms. The molecule has 4 nitrogen and oxygen atoms in total. The molecule has 0 radical (unpaired) electrons. The van der Waals surface area contributed by atoms with Gasteiger partial charge in [-0.1, -0.05) is 115 Å². The van der Waals surface area contributed by atoms with E-state index in [0.29, 0.717) is 0 Å². The van der Waals surface area contributed by atoms with Gasteiger partial charge in [0.1, 0.15) is 0 Å². The summed E-state index contributed by atoms with van der Waals surface area (Å²) in [4.78, 5) is 14.4. The van der Waals surface area contributed by atoms with Gasteiger partial charge in [0, 0.05) is 46.2 Å². The number of rotatable bonds is 6.